The molecule has 2 aromatic carbocycles. The number of anilines is 2. The highest BCUT2D eigenvalue weighted by Crippen LogP contribution is 2.40. The van der Waals surface area contributed by atoms with Gasteiger partial charge >= 0.3 is 0 Å². The second-order valence-corrected chi connectivity index (χ2v) is 9.38. The number of carbonyl (C=O) groups is 2. The molecule has 2 N–H and O–H groups in total. The van der Waals surface area contributed by atoms with E-state index >= 15 is 0 Å². The van der Waals surface area contributed by atoms with Crippen LogP contribution in [-0.2, 0) is 4.79 Å². The summed E-state index contributed by atoms with van der Waals surface area (Å²) in [6.07, 6.45) is 0.917. The Balaban J connectivity index is 1.46. The van der Waals surface area contributed by atoms with Gasteiger partial charge in [0, 0.05) is 18.0 Å². The fourth-order valence-electron chi connectivity index (χ4n) is 3.53. The van der Waals surface area contributed by atoms with Gasteiger partial charge in [0.15, 0.2) is 5.13 Å². The van der Waals surface area contributed by atoms with Gasteiger partial charge in [-0.15, -0.1) is 0 Å². The Hall–Kier alpha value is -2.48. The van der Waals surface area contributed by atoms with E-state index in [2.05, 4.69) is 20.5 Å². The average Bonchev–Trinajstić information content (AvgIpc) is 3.32. The van der Waals surface area contributed by atoms with Crippen molar-refractivity contribution in [2.75, 3.05) is 31.3 Å². The number of nitrogens with one attached hydrogen (secondary N) is 2. The summed E-state index contributed by atoms with van der Waals surface area (Å²) in [5.74, 6) is 0.252. The van der Waals surface area contributed by atoms with Gasteiger partial charge in [-0.25, -0.2) is 4.98 Å². The lowest BCUT2D eigenvalue weighted by molar-refractivity contribution is -0.117. The number of amides is 2. The minimum atomic E-state index is -0.239. The van der Waals surface area contributed by atoms with E-state index in [-0.39, 0.29) is 17.7 Å². The SMILES string of the molecule is Cc1cccc(Cl)c1NC(=O)c1ccc2nc(NC(=O)C3C[C@H]3CN(C)C)sc2c1. The molecule has 8 heteroatoms. The zero-order chi connectivity index (χ0) is 21.4. The first-order chi connectivity index (χ1) is 14.3. The molecule has 1 aromatic heterocycles. The van der Waals surface area contributed by atoms with Crippen molar-refractivity contribution in [1.82, 2.24) is 9.88 Å². The third-order valence-corrected chi connectivity index (χ3v) is 6.45. The van der Waals surface area contributed by atoms with Gasteiger partial charge < -0.3 is 15.5 Å². The lowest BCUT2D eigenvalue weighted by Crippen LogP contribution is -2.20. The molecule has 1 saturated carbocycles. The van der Waals surface area contributed by atoms with Crippen LogP contribution in [0.15, 0.2) is 36.4 Å². The van der Waals surface area contributed by atoms with Crippen molar-refractivity contribution in [2.24, 2.45) is 11.8 Å². The molecule has 1 unspecified atom stereocenters. The Kier molecular flexibility index (Phi) is 5.77. The van der Waals surface area contributed by atoms with Gasteiger partial charge in [-0.1, -0.05) is 35.1 Å². The Bertz CT molecular complexity index is 1110. The van der Waals surface area contributed by atoms with Crippen LogP contribution in [0.4, 0.5) is 10.8 Å². The number of benzene rings is 2. The molecule has 2 atom stereocenters. The first kappa shape index (κ1) is 20.8. The zero-order valence-corrected chi connectivity index (χ0v) is 18.6. The highest BCUT2D eigenvalue weighted by atomic mass is 35.5. The Labute approximate surface area is 184 Å². The minimum Gasteiger partial charge on any atom is -0.320 e. The second kappa shape index (κ2) is 8.34. The molecule has 3 aromatic rings. The van der Waals surface area contributed by atoms with E-state index in [0.29, 0.717) is 27.3 Å². The number of carbonyl (C=O) groups excluding carboxylic acids is 2. The number of rotatable bonds is 6. The monoisotopic (exact) mass is 442 g/mol. The third-order valence-electron chi connectivity index (χ3n) is 5.20. The summed E-state index contributed by atoms with van der Waals surface area (Å²) < 4.78 is 0.842. The van der Waals surface area contributed by atoms with Crippen LogP contribution >= 0.6 is 22.9 Å². The number of aryl methyl sites for hydroxylation is 1. The molecule has 0 aliphatic heterocycles. The quantitative estimate of drug-likeness (QED) is 0.582. The number of hydrogen-bond acceptors (Lipinski definition) is 5. The standard InChI is InChI=1S/C22H23ClN4O2S/c1-12-5-4-6-16(23)19(12)25-20(28)13-7-8-17-18(10-13)30-22(24-17)26-21(29)15-9-14(15)11-27(2)3/h4-8,10,14-15H,9,11H2,1-3H3,(H,25,28)(H,24,26,29)/t14-,15?/m0/s1. The number of hydrogen-bond donors (Lipinski definition) is 2. The number of fused-ring (bicyclic) bond motifs is 1. The molecule has 1 fully saturated rings. The molecule has 0 saturated heterocycles. The maximum atomic E-state index is 12.7. The normalized spacial score (nSPS) is 17.9. The number of halogens is 1. The van der Waals surface area contributed by atoms with Crippen molar-refractivity contribution in [1.29, 1.82) is 0 Å². The summed E-state index contributed by atoms with van der Waals surface area (Å²) in [4.78, 5) is 31.7. The van der Waals surface area contributed by atoms with Gasteiger partial charge in [0.1, 0.15) is 0 Å². The van der Waals surface area contributed by atoms with Gasteiger partial charge in [-0.3, -0.25) is 9.59 Å². The van der Waals surface area contributed by atoms with Crippen LogP contribution in [0, 0.1) is 18.8 Å². The fraction of sp³-hybridized carbons (Fsp3) is 0.318. The van der Waals surface area contributed by atoms with E-state index in [1.807, 2.05) is 33.2 Å². The lowest BCUT2D eigenvalue weighted by atomic mass is 10.1. The van der Waals surface area contributed by atoms with Gasteiger partial charge in [0.2, 0.25) is 5.91 Å². The average molecular weight is 443 g/mol. The summed E-state index contributed by atoms with van der Waals surface area (Å²) in [5.41, 5.74) is 2.77. The summed E-state index contributed by atoms with van der Waals surface area (Å²) in [7, 11) is 4.03. The maximum absolute atomic E-state index is 12.7. The molecule has 156 valence electrons. The predicted octanol–water partition coefficient (Wildman–Crippen LogP) is 4.65. The van der Waals surface area contributed by atoms with Crippen molar-refractivity contribution in [3.05, 3.63) is 52.5 Å². The molecule has 1 aliphatic rings. The first-order valence-electron chi connectivity index (χ1n) is 9.74. The van der Waals surface area contributed by atoms with E-state index in [1.165, 1.54) is 11.3 Å². The summed E-state index contributed by atoms with van der Waals surface area (Å²) in [6, 6.07) is 10.8. The van der Waals surface area contributed by atoms with Gasteiger partial charge in [-0.2, -0.15) is 0 Å². The number of para-hydroxylation sites is 1. The van der Waals surface area contributed by atoms with Gasteiger partial charge in [-0.05, 0) is 63.2 Å². The van der Waals surface area contributed by atoms with Gasteiger partial charge in [0.25, 0.3) is 5.91 Å². The van der Waals surface area contributed by atoms with E-state index in [1.54, 1.807) is 24.3 Å². The summed E-state index contributed by atoms with van der Waals surface area (Å²) in [6.45, 7) is 2.81. The van der Waals surface area contributed by atoms with Crippen LogP contribution < -0.4 is 10.6 Å². The summed E-state index contributed by atoms with van der Waals surface area (Å²) >= 11 is 7.58. The number of thiazole rings is 1. The zero-order valence-electron chi connectivity index (χ0n) is 17.0. The molecule has 1 aliphatic carbocycles. The Morgan fingerprint density at radius 1 is 1.23 bits per heavy atom. The number of aromatic nitrogens is 1. The first-order valence-corrected chi connectivity index (χ1v) is 10.9. The molecule has 1 heterocycles. The molecular weight excluding hydrogens is 420 g/mol. The smallest absolute Gasteiger partial charge is 0.255 e. The van der Waals surface area contributed by atoms with Crippen molar-refractivity contribution in [3.63, 3.8) is 0 Å². The third kappa shape index (κ3) is 4.48. The molecule has 4 rings (SSSR count). The van der Waals surface area contributed by atoms with E-state index in [0.717, 1.165) is 28.7 Å². The molecule has 0 bridgehead atoms. The largest absolute Gasteiger partial charge is 0.320 e. The van der Waals surface area contributed by atoms with Crippen molar-refractivity contribution in [2.45, 2.75) is 13.3 Å². The van der Waals surface area contributed by atoms with Crippen LogP contribution in [-0.4, -0.2) is 42.3 Å². The van der Waals surface area contributed by atoms with Crippen molar-refractivity contribution >= 4 is 55.8 Å². The highest BCUT2D eigenvalue weighted by Gasteiger charge is 2.43. The summed E-state index contributed by atoms with van der Waals surface area (Å²) in [5, 5.41) is 6.87. The molecule has 0 radical (unpaired) electrons. The fourth-order valence-corrected chi connectivity index (χ4v) is 4.71. The van der Waals surface area contributed by atoms with E-state index < -0.39 is 0 Å². The second-order valence-electron chi connectivity index (χ2n) is 7.94. The van der Waals surface area contributed by atoms with E-state index in [9.17, 15) is 9.59 Å². The molecular formula is C22H23ClN4O2S. The Morgan fingerprint density at radius 3 is 2.77 bits per heavy atom. The predicted molar refractivity (Wildman–Crippen MR) is 123 cm³/mol. The highest BCUT2D eigenvalue weighted by molar-refractivity contribution is 7.22. The topological polar surface area (TPSA) is 74.3 Å². The van der Waals surface area contributed by atoms with Crippen LogP contribution in [0.2, 0.25) is 5.02 Å². The molecule has 0 spiro atoms. The minimum absolute atomic E-state index is 0.0214. The van der Waals surface area contributed by atoms with Crippen LogP contribution in [0.1, 0.15) is 22.3 Å². The Morgan fingerprint density at radius 2 is 2.03 bits per heavy atom. The van der Waals surface area contributed by atoms with Crippen LogP contribution in [0.5, 0.6) is 0 Å². The maximum Gasteiger partial charge on any atom is 0.255 e. The van der Waals surface area contributed by atoms with E-state index in [4.69, 9.17) is 11.6 Å². The molecule has 6 nitrogen and oxygen atoms in total. The molecule has 2 amide bonds. The van der Waals surface area contributed by atoms with Crippen LogP contribution in [0.3, 0.4) is 0 Å². The number of nitrogens with zero attached hydrogens (tertiary/aromatic N) is 2. The van der Waals surface area contributed by atoms with Crippen LogP contribution in [0.25, 0.3) is 10.2 Å². The van der Waals surface area contributed by atoms with Gasteiger partial charge in [0.05, 0.1) is 20.9 Å². The van der Waals surface area contributed by atoms with Crippen molar-refractivity contribution < 1.29 is 9.59 Å². The molecule has 30 heavy (non-hydrogen) atoms. The van der Waals surface area contributed by atoms with Crippen molar-refractivity contribution in [3.8, 4) is 0 Å². The lowest BCUT2D eigenvalue weighted by Gasteiger charge is -2.10.